The van der Waals surface area contributed by atoms with E-state index in [2.05, 4.69) is 26.9 Å². The lowest BCUT2D eigenvalue weighted by atomic mass is 10.1. The zero-order chi connectivity index (χ0) is 11.0. The average molecular weight is 222 g/mol. The van der Waals surface area contributed by atoms with Gasteiger partial charge in [0.15, 0.2) is 5.82 Å². The molecule has 2 atom stereocenters. The zero-order valence-corrected chi connectivity index (χ0v) is 9.67. The molecule has 1 aromatic heterocycles. The van der Waals surface area contributed by atoms with Gasteiger partial charge in [0.1, 0.15) is 0 Å². The van der Waals surface area contributed by atoms with E-state index in [1.807, 2.05) is 0 Å². The van der Waals surface area contributed by atoms with Crippen LogP contribution in [0.15, 0.2) is 10.9 Å². The van der Waals surface area contributed by atoms with Crippen molar-refractivity contribution >= 4 is 0 Å². The summed E-state index contributed by atoms with van der Waals surface area (Å²) in [5.41, 5.74) is 0. The monoisotopic (exact) mass is 222 g/mol. The molecule has 3 rings (SSSR count). The van der Waals surface area contributed by atoms with Crippen molar-refractivity contribution in [2.45, 2.75) is 38.4 Å². The Balaban J connectivity index is 1.66. The molecule has 5 heteroatoms. The molecule has 0 amide bonds. The van der Waals surface area contributed by atoms with Gasteiger partial charge in [0.05, 0.1) is 6.54 Å². The molecular weight excluding hydrogens is 204 g/mol. The van der Waals surface area contributed by atoms with Gasteiger partial charge in [-0.3, -0.25) is 9.80 Å². The molecule has 2 saturated heterocycles. The summed E-state index contributed by atoms with van der Waals surface area (Å²) in [6.45, 7) is 6.72. The summed E-state index contributed by atoms with van der Waals surface area (Å²) in [4.78, 5) is 9.19. The Morgan fingerprint density at radius 3 is 3.25 bits per heavy atom. The van der Waals surface area contributed by atoms with Crippen molar-refractivity contribution in [1.82, 2.24) is 19.9 Å². The molecule has 0 aromatic carbocycles. The molecule has 0 N–H and O–H groups in total. The smallest absolute Gasteiger partial charge is 0.213 e. The van der Waals surface area contributed by atoms with Crippen LogP contribution in [0.1, 0.15) is 25.6 Å². The number of aromatic nitrogens is 2. The van der Waals surface area contributed by atoms with Crippen molar-refractivity contribution in [2.24, 2.45) is 0 Å². The molecular formula is C11H18N4O. The van der Waals surface area contributed by atoms with Crippen LogP contribution >= 0.6 is 0 Å². The van der Waals surface area contributed by atoms with E-state index in [1.54, 1.807) is 0 Å². The van der Waals surface area contributed by atoms with Crippen LogP contribution < -0.4 is 0 Å². The summed E-state index contributed by atoms with van der Waals surface area (Å²) in [6.07, 6.45) is 4.11. The van der Waals surface area contributed by atoms with Gasteiger partial charge in [-0.1, -0.05) is 5.16 Å². The highest BCUT2D eigenvalue weighted by molar-refractivity contribution is 4.92. The van der Waals surface area contributed by atoms with Gasteiger partial charge in [0.25, 0.3) is 0 Å². The highest BCUT2D eigenvalue weighted by Gasteiger charge is 2.34. The van der Waals surface area contributed by atoms with Crippen LogP contribution in [0.4, 0.5) is 0 Å². The Labute approximate surface area is 95.4 Å². The second-order valence-corrected chi connectivity index (χ2v) is 4.92. The number of fused-ring (bicyclic) bond motifs is 1. The molecule has 0 radical (unpaired) electrons. The first kappa shape index (κ1) is 10.2. The second kappa shape index (κ2) is 4.14. The molecule has 5 nitrogen and oxygen atoms in total. The molecule has 0 saturated carbocycles. The van der Waals surface area contributed by atoms with Crippen LogP contribution in [0, 0.1) is 0 Å². The standard InChI is InChI=1S/C11H18N4O/c1-9-5-14-4-2-3-10(14)6-15(9)7-11-12-8-16-13-11/h8-10H,2-7H2,1H3. The Hall–Kier alpha value is -0.940. The molecule has 2 aliphatic rings. The number of nitrogens with zero attached hydrogens (tertiary/aromatic N) is 4. The zero-order valence-electron chi connectivity index (χ0n) is 9.67. The van der Waals surface area contributed by atoms with E-state index in [9.17, 15) is 0 Å². The Morgan fingerprint density at radius 1 is 1.50 bits per heavy atom. The first-order chi connectivity index (χ1) is 7.83. The number of hydrogen-bond donors (Lipinski definition) is 0. The quantitative estimate of drug-likeness (QED) is 0.738. The summed E-state index contributed by atoms with van der Waals surface area (Å²) in [7, 11) is 0. The minimum atomic E-state index is 0.591. The van der Waals surface area contributed by atoms with Crippen LogP contribution in [0.25, 0.3) is 0 Å². The van der Waals surface area contributed by atoms with Crippen LogP contribution in [0.3, 0.4) is 0 Å². The summed E-state index contributed by atoms with van der Waals surface area (Å²) in [6, 6.07) is 1.34. The van der Waals surface area contributed by atoms with Gasteiger partial charge in [-0.25, -0.2) is 0 Å². The highest BCUT2D eigenvalue weighted by Crippen LogP contribution is 2.25. The predicted octanol–water partition coefficient (Wildman–Crippen LogP) is 0.738. The maximum atomic E-state index is 4.78. The lowest BCUT2D eigenvalue weighted by Gasteiger charge is -2.41. The van der Waals surface area contributed by atoms with Crippen LogP contribution in [-0.4, -0.2) is 51.7 Å². The van der Waals surface area contributed by atoms with Crippen molar-refractivity contribution in [3.8, 4) is 0 Å². The maximum Gasteiger partial charge on any atom is 0.213 e. The molecule has 0 spiro atoms. The minimum absolute atomic E-state index is 0.591. The number of hydrogen-bond acceptors (Lipinski definition) is 5. The number of rotatable bonds is 2. The van der Waals surface area contributed by atoms with Gasteiger partial charge in [0, 0.05) is 25.2 Å². The first-order valence-electron chi connectivity index (χ1n) is 6.06. The van der Waals surface area contributed by atoms with E-state index < -0.39 is 0 Å². The van der Waals surface area contributed by atoms with Gasteiger partial charge in [-0.2, -0.15) is 4.98 Å². The minimum Gasteiger partial charge on any atom is -0.343 e. The molecule has 2 fully saturated rings. The van der Waals surface area contributed by atoms with E-state index in [4.69, 9.17) is 4.52 Å². The van der Waals surface area contributed by atoms with Crippen molar-refractivity contribution in [3.05, 3.63) is 12.2 Å². The third-order valence-electron chi connectivity index (χ3n) is 3.82. The van der Waals surface area contributed by atoms with E-state index in [-0.39, 0.29) is 0 Å². The van der Waals surface area contributed by atoms with Crippen LogP contribution in [0.5, 0.6) is 0 Å². The van der Waals surface area contributed by atoms with E-state index in [0.717, 1.165) is 25.0 Å². The molecule has 0 bridgehead atoms. The lowest BCUT2D eigenvalue weighted by Crippen LogP contribution is -2.54. The Bertz CT molecular complexity index is 340. The maximum absolute atomic E-state index is 4.78. The molecule has 2 unspecified atom stereocenters. The van der Waals surface area contributed by atoms with Gasteiger partial charge in [-0.05, 0) is 26.3 Å². The topological polar surface area (TPSA) is 45.4 Å². The molecule has 1 aromatic rings. The number of piperazine rings is 1. The van der Waals surface area contributed by atoms with Crippen molar-refractivity contribution in [3.63, 3.8) is 0 Å². The first-order valence-corrected chi connectivity index (χ1v) is 6.06. The molecule has 2 aliphatic heterocycles. The van der Waals surface area contributed by atoms with Crippen molar-refractivity contribution in [1.29, 1.82) is 0 Å². The van der Waals surface area contributed by atoms with Crippen molar-refractivity contribution in [2.75, 3.05) is 19.6 Å². The summed E-state index contributed by atoms with van der Waals surface area (Å²) >= 11 is 0. The second-order valence-electron chi connectivity index (χ2n) is 4.92. The highest BCUT2D eigenvalue weighted by atomic mass is 16.5. The normalized spacial score (nSPS) is 31.8. The van der Waals surface area contributed by atoms with Gasteiger partial charge < -0.3 is 4.52 Å². The van der Waals surface area contributed by atoms with Gasteiger partial charge in [0.2, 0.25) is 6.39 Å². The fraction of sp³-hybridized carbons (Fsp3) is 0.818. The van der Waals surface area contributed by atoms with Crippen molar-refractivity contribution < 1.29 is 4.52 Å². The third kappa shape index (κ3) is 1.85. The average Bonchev–Trinajstić information content (AvgIpc) is 2.89. The molecule has 0 aliphatic carbocycles. The summed E-state index contributed by atoms with van der Waals surface area (Å²) < 4.78 is 4.78. The third-order valence-corrected chi connectivity index (χ3v) is 3.82. The lowest BCUT2D eigenvalue weighted by molar-refractivity contribution is 0.0517. The Morgan fingerprint density at radius 2 is 2.44 bits per heavy atom. The largest absolute Gasteiger partial charge is 0.343 e. The van der Waals surface area contributed by atoms with Gasteiger partial charge >= 0.3 is 0 Å². The predicted molar refractivity (Wildman–Crippen MR) is 58.8 cm³/mol. The summed E-state index contributed by atoms with van der Waals surface area (Å²) in [5.74, 6) is 0.804. The van der Waals surface area contributed by atoms with Crippen LogP contribution in [0.2, 0.25) is 0 Å². The van der Waals surface area contributed by atoms with E-state index in [1.165, 1.54) is 32.3 Å². The Kier molecular flexibility index (Phi) is 2.65. The van der Waals surface area contributed by atoms with Gasteiger partial charge in [-0.15, -0.1) is 0 Å². The van der Waals surface area contributed by atoms with E-state index >= 15 is 0 Å². The molecule has 16 heavy (non-hydrogen) atoms. The fourth-order valence-corrected chi connectivity index (χ4v) is 2.91. The van der Waals surface area contributed by atoms with Crippen LogP contribution in [-0.2, 0) is 6.54 Å². The summed E-state index contributed by atoms with van der Waals surface area (Å²) in [5, 5.41) is 3.89. The molecule has 88 valence electrons. The van der Waals surface area contributed by atoms with E-state index in [0.29, 0.717) is 6.04 Å². The molecule has 3 heterocycles. The SMILES string of the molecule is CC1CN2CCCC2CN1Cc1ncon1. The fourth-order valence-electron chi connectivity index (χ4n) is 2.91.